The summed E-state index contributed by atoms with van der Waals surface area (Å²) in [7, 11) is 0. The van der Waals surface area contributed by atoms with E-state index < -0.39 is 11.8 Å². The molecule has 3 rings (SSSR count). The zero-order valence-electron chi connectivity index (χ0n) is 15.2. The monoisotopic (exact) mass is 369 g/mol. The topological polar surface area (TPSA) is 46.6 Å². The van der Waals surface area contributed by atoms with E-state index in [1.165, 1.54) is 0 Å². The molecule has 0 aliphatic carbocycles. The number of hydrogen-bond donors (Lipinski definition) is 0. The molecule has 4 nitrogen and oxygen atoms in total. The van der Waals surface area contributed by atoms with Gasteiger partial charge >= 0.3 is 0 Å². The summed E-state index contributed by atoms with van der Waals surface area (Å²) in [5, 5.41) is -0.0616. The molecule has 1 heterocycles. The summed E-state index contributed by atoms with van der Waals surface area (Å²) in [6.07, 6.45) is 0.0538. The van der Waals surface area contributed by atoms with Crippen LogP contribution in [0.4, 0.5) is 5.69 Å². The van der Waals surface area contributed by atoms with Crippen molar-refractivity contribution in [3.05, 3.63) is 64.2 Å². The van der Waals surface area contributed by atoms with E-state index in [4.69, 9.17) is 16.3 Å². The van der Waals surface area contributed by atoms with E-state index in [1.807, 2.05) is 39.8 Å². The van der Waals surface area contributed by atoms with Gasteiger partial charge in [-0.1, -0.05) is 35.9 Å². The summed E-state index contributed by atoms with van der Waals surface area (Å²) < 4.78 is 5.61. The van der Waals surface area contributed by atoms with Crippen molar-refractivity contribution in [1.29, 1.82) is 0 Å². The second kappa shape index (κ2) is 6.96. The number of carbonyl (C=O) groups is 2. The molecule has 0 aromatic heterocycles. The summed E-state index contributed by atoms with van der Waals surface area (Å²) in [5.41, 5.74) is 3.25. The van der Waals surface area contributed by atoms with Gasteiger partial charge in [-0.05, 0) is 62.6 Å². The third kappa shape index (κ3) is 3.13. The Morgan fingerprint density at radius 1 is 0.962 bits per heavy atom. The number of imide groups is 1. The lowest BCUT2D eigenvalue weighted by Gasteiger charge is -2.18. The van der Waals surface area contributed by atoms with Gasteiger partial charge in [0.15, 0.2) is 0 Å². The van der Waals surface area contributed by atoms with Gasteiger partial charge in [-0.25, -0.2) is 4.90 Å². The van der Waals surface area contributed by atoms with Gasteiger partial charge in [0.1, 0.15) is 10.8 Å². The first kappa shape index (κ1) is 18.2. The first-order valence-electron chi connectivity index (χ1n) is 8.43. The Kier molecular flexibility index (Phi) is 4.88. The van der Waals surface area contributed by atoms with Crippen molar-refractivity contribution in [2.24, 2.45) is 0 Å². The van der Waals surface area contributed by atoms with Gasteiger partial charge in [-0.15, -0.1) is 0 Å². The first-order valence-corrected chi connectivity index (χ1v) is 8.81. The minimum atomic E-state index is -0.497. The molecule has 1 aliphatic heterocycles. The van der Waals surface area contributed by atoms with Crippen LogP contribution in [0.25, 0.3) is 5.57 Å². The Bertz CT molecular complexity index is 913. The summed E-state index contributed by atoms with van der Waals surface area (Å²) in [6, 6.07) is 12.5. The summed E-state index contributed by atoms with van der Waals surface area (Å²) in [6.45, 7) is 7.70. The Hall–Kier alpha value is -2.59. The zero-order valence-corrected chi connectivity index (χ0v) is 15.9. The Balaban J connectivity index is 1.98. The van der Waals surface area contributed by atoms with Gasteiger partial charge in [0.05, 0.1) is 17.4 Å². The van der Waals surface area contributed by atoms with Gasteiger partial charge < -0.3 is 4.74 Å². The lowest BCUT2D eigenvalue weighted by atomic mass is 10.1. The quantitative estimate of drug-likeness (QED) is 0.739. The van der Waals surface area contributed by atoms with Crippen LogP contribution in [0.3, 0.4) is 0 Å². The third-order valence-electron chi connectivity index (χ3n) is 4.36. The third-order valence-corrected chi connectivity index (χ3v) is 4.71. The number of carbonyl (C=O) groups excluding carboxylic acids is 2. The van der Waals surface area contributed by atoms with E-state index in [-0.39, 0.29) is 16.7 Å². The molecule has 1 aliphatic rings. The molecule has 0 saturated carbocycles. The molecule has 0 saturated heterocycles. The highest BCUT2D eigenvalue weighted by molar-refractivity contribution is 6.60. The number of anilines is 1. The molecule has 0 spiro atoms. The van der Waals surface area contributed by atoms with Crippen LogP contribution in [-0.2, 0) is 9.59 Å². The van der Waals surface area contributed by atoms with E-state index in [1.54, 1.807) is 30.3 Å². The van der Waals surface area contributed by atoms with Crippen LogP contribution in [0.5, 0.6) is 5.75 Å². The highest BCUT2D eigenvalue weighted by atomic mass is 35.5. The highest BCUT2D eigenvalue weighted by Gasteiger charge is 2.39. The number of rotatable bonds is 4. The summed E-state index contributed by atoms with van der Waals surface area (Å²) in [5.74, 6) is -0.210. The minimum Gasteiger partial charge on any atom is -0.491 e. The van der Waals surface area contributed by atoms with Crippen molar-refractivity contribution in [3.63, 3.8) is 0 Å². The molecule has 0 bridgehead atoms. The molecule has 5 heteroatoms. The van der Waals surface area contributed by atoms with E-state index in [2.05, 4.69) is 0 Å². The van der Waals surface area contributed by atoms with Crippen molar-refractivity contribution in [3.8, 4) is 5.75 Å². The fourth-order valence-corrected chi connectivity index (χ4v) is 3.20. The standard InChI is InChI=1S/C21H20ClNO3/c1-12(2)26-16-10-8-15(9-11-16)18-19(22)21(25)23(20(18)24)17-7-5-6-13(3)14(17)4/h5-12H,1-4H3. The van der Waals surface area contributed by atoms with Gasteiger partial charge in [0.2, 0.25) is 0 Å². The maximum atomic E-state index is 13.0. The van der Waals surface area contributed by atoms with Crippen LogP contribution < -0.4 is 9.64 Å². The van der Waals surface area contributed by atoms with E-state index >= 15 is 0 Å². The molecule has 0 fully saturated rings. The smallest absolute Gasteiger partial charge is 0.277 e. The average molecular weight is 370 g/mol. The zero-order chi connectivity index (χ0) is 19.0. The summed E-state index contributed by atoms with van der Waals surface area (Å²) in [4.78, 5) is 26.8. The Labute approximate surface area is 158 Å². The number of halogens is 1. The SMILES string of the molecule is Cc1cccc(N2C(=O)C(Cl)=C(c3ccc(OC(C)C)cc3)C2=O)c1C. The predicted octanol–water partition coefficient (Wildman–Crippen LogP) is 4.61. The van der Waals surface area contributed by atoms with Crippen LogP contribution >= 0.6 is 11.6 Å². The second-order valence-electron chi connectivity index (χ2n) is 6.54. The van der Waals surface area contributed by atoms with Crippen molar-refractivity contribution in [2.75, 3.05) is 4.90 Å². The van der Waals surface area contributed by atoms with Gasteiger partial charge in [0, 0.05) is 0 Å². The number of benzene rings is 2. The van der Waals surface area contributed by atoms with Crippen molar-refractivity contribution >= 4 is 34.7 Å². The van der Waals surface area contributed by atoms with Crippen LogP contribution in [0.1, 0.15) is 30.5 Å². The van der Waals surface area contributed by atoms with Crippen molar-refractivity contribution in [2.45, 2.75) is 33.8 Å². The predicted molar refractivity (Wildman–Crippen MR) is 103 cm³/mol. The van der Waals surface area contributed by atoms with Gasteiger partial charge in [-0.2, -0.15) is 0 Å². The van der Waals surface area contributed by atoms with Gasteiger partial charge in [0.25, 0.3) is 11.8 Å². The van der Waals surface area contributed by atoms with Crippen LogP contribution in [-0.4, -0.2) is 17.9 Å². The molecular weight excluding hydrogens is 350 g/mol. The number of hydrogen-bond acceptors (Lipinski definition) is 3. The number of aryl methyl sites for hydroxylation is 1. The van der Waals surface area contributed by atoms with Gasteiger partial charge in [-0.3, -0.25) is 9.59 Å². The Morgan fingerprint density at radius 2 is 1.62 bits per heavy atom. The molecule has 0 unspecified atom stereocenters. The average Bonchev–Trinajstić information content (AvgIpc) is 2.81. The normalized spacial score (nSPS) is 14.6. The number of amides is 2. The van der Waals surface area contributed by atoms with Crippen LogP contribution in [0, 0.1) is 13.8 Å². The maximum Gasteiger partial charge on any atom is 0.277 e. The van der Waals surface area contributed by atoms with Crippen molar-refractivity contribution in [1.82, 2.24) is 0 Å². The maximum absolute atomic E-state index is 13.0. The fraction of sp³-hybridized carbons (Fsp3) is 0.238. The molecule has 0 radical (unpaired) electrons. The molecular formula is C21H20ClNO3. The lowest BCUT2D eigenvalue weighted by molar-refractivity contribution is -0.119. The molecule has 0 atom stereocenters. The van der Waals surface area contributed by atoms with Crippen LogP contribution in [0.2, 0.25) is 0 Å². The highest BCUT2D eigenvalue weighted by Crippen LogP contribution is 2.37. The minimum absolute atomic E-state index is 0.0538. The van der Waals surface area contributed by atoms with Crippen molar-refractivity contribution < 1.29 is 14.3 Å². The van der Waals surface area contributed by atoms with E-state index in [9.17, 15) is 9.59 Å². The largest absolute Gasteiger partial charge is 0.491 e. The molecule has 2 aromatic rings. The fourth-order valence-electron chi connectivity index (χ4n) is 2.92. The molecule has 134 valence electrons. The molecule has 2 aromatic carbocycles. The molecule has 26 heavy (non-hydrogen) atoms. The molecule has 0 N–H and O–H groups in total. The van der Waals surface area contributed by atoms with E-state index in [0.29, 0.717) is 17.0 Å². The number of nitrogens with zero attached hydrogens (tertiary/aromatic N) is 1. The Morgan fingerprint density at radius 3 is 2.23 bits per heavy atom. The second-order valence-corrected chi connectivity index (χ2v) is 6.92. The first-order chi connectivity index (χ1) is 12.3. The van der Waals surface area contributed by atoms with E-state index in [0.717, 1.165) is 16.0 Å². The lowest BCUT2D eigenvalue weighted by Crippen LogP contribution is -2.31. The molecule has 2 amide bonds. The van der Waals surface area contributed by atoms with Crippen LogP contribution in [0.15, 0.2) is 47.5 Å². The number of ether oxygens (including phenoxy) is 1. The summed E-state index contributed by atoms with van der Waals surface area (Å²) >= 11 is 6.26.